The molecule has 1 rings (SSSR count). The number of hydrogen-bond donors (Lipinski definition) is 0. The topological polar surface area (TPSA) is 0 Å². The zero-order valence-electron chi connectivity index (χ0n) is 7.86. The molecule has 68 valence electrons. The lowest BCUT2D eigenvalue weighted by molar-refractivity contribution is 0.352. The number of halogens is 1. The molecule has 0 unspecified atom stereocenters. The summed E-state index contributed by atoms with van der Waals surface area (Å²) in [7, 11) is 0. The Morgan fingerprint density at radius 1 is 1.42 bits per heavy atom. The fourth-order valence-corrected chi connectivity index (χ4v) is 2.39. The quantitative estimate of drug-likeness (QED) is 0.683. The maximum absolute atomic E-state index is 5.85. The van der Waals surface area contributed by atoms with Gasteiger partial charge in [-0.1, -0.05) is 38.8 Å². The molecule has 1 aromatic rings. The Morgan fingerprint density at radius 2 is 2.08 bits per heavy atom. The Bertz CT molecular complexity index is 250. The third-order valence-corrected chi connectivity index (χ3v) is 3.47. The van der Waals surface area contributed by atoms with Crippen LogP contribution in [0.3, 0.4) is 0 Å². The van der Waals surface area contributed by atoms with Crippen LogP contribution in [0.25, 0.3) is 0 Å². The highest BCUT2D eigenvalue weighted by Crippen LogP contribution is 2.30. The molecule has 0 bridgehead atoms. The minimum atomic E-state index is 0.411. The van der Waals surface area contributed by atoms with Crippen molar-refractivity contribution in [1.82, 2.24) is 0 Å². The van der Waals surface area contributed by atoms with E-state index in [1.807, 2.05) is 6.07 Å². The van der Waals surface area contributed by atoms with E-state index in [2.05, 4.69) is 26.8 Å². The predicted molar refractivity (Wildman–Crippen MR) is 57.1 cm³/mol. The van der Waals surface area contributed by atoms with Crippen LogP contribution >= 0.6 is 22.9 Å². The number of thiophene rings is 1. The standard InChI is InChI=1S/C10H15ClS/c1-4-10(2,3)7-8-5-6-9(11)12-8/h5-6H,4,7H2,1-3H3. The average Bonchev–Trinajstić information content (AvgIpc) is 2.35. The van der Waals surface area contributed by atoms with E-state index >= 15 is 0 Å². The Labute approximate surface area is 83.6 Å². The van der Waals surface area contributed by atoms with Crippen molar-refractivity contribution in [3.05, 3.63) is 21.3 Å². The largest absolute Gasteiger partial charge is 0.128 e. The third kappa shape index (κ3) is 2.80. The van der Waals surface area contributed by atoms with E-state index in [1.165, 1.54) is 11.3 Å². The molecule has 0 saturated carbocycles. The first kappa shape index (κ1) is 10.1. The monoisotopic (exact) mass is 202 g/mol. The van der Waals surface area contributed by atoms with E-state index in [0.717, 1.165) is 10.8 Å². The van der Waals surface area contributed by atoms with Crippen LogP contribution in [0.15, 0.2) is 12.1 Å². The highest BCUT2D eigenvalue weighted by Gasteiger charge is 2.16. The smallest absolute Gasteiger partial charge is 0.0931 e. The Hall–Kier alpha value is -0.0100. The van der Waals surface area contributed by atoms with Crippen molar-refractivity contribution in [2.75, 3.05) is 0 Å². The first-order chi connectivity index (χ1) is 5.53. The van der Waals surface area contributed by atoms with Gasteiger partial charge in [0.25, 0.3) is 0 Å². The summed E-state index contributed by atoms with van der Waals surface area (Å²) in [6.45, 7) is 6.82. The van der Waals surface area contributed by atoms with Crippen molar-refractivity contribution in [3.8, 4) is 0 Å². The summed E-state index contributed by atoms with van der Waals surface area (Å²) < 4.78 is 0.900. The molecule has 12 heavy (non-hydrogen) atoms. The van der Waals surface area contributed by atoms with Gasteiger partial charge in [0.15, 0.2) is 0 Å². The summed E-state index contributed by atoms with van der Waals surface area (Å²) in [5, 5.41) is 0. The van der Waals surface area contributed by atoms with Crippen molar-refractivity contribution < 1.29 is 0 Å². The lowest BCUT2D eigenvalue weighted by Gasteiger charge is -2.21. The Balaban J connectivity index is 2.63. The lowest BCUT2D eigenvalue weighted by Crippen LogP contribution is -2.12. The fourth-order valence-electron chi connectivity index (χ4n) is 1.04. The van der Waals surface area contributed by atoms with E-state index < -0.39 is 0 Å². The van der Waals surface area contributed by atoms with Gasteiger partial charge in [0.05, 0.1) is 4.34 Å². The SMILES string of the molecule is CCC(C)(C)Cc1ccc(Cl)s1. The van der Waals surface area contributed by atoms with Crippen LogP contribution in [-0.2, 0) is 6.42 Å². The van der Waals surface area contributed by atoms with Gasteiger partial charge in [0.1, 0.15) is 0 Å². The van der Waals surface area contributed by atoms with Gasteiger partial charge < -0.3 is 0 Å². The van der Waals surface area contributed by atoms with Crippen LogP contribution in [0, 0.1) is 5.41 Å². The zero-order chi connectivity index (χ0) is 9.19. The van der Waals surface area contributed by atoms with E-state index in [4.69, 9.17) is 11.6 Å². The molecule has 0 amide bonds. The molecule has 1 heterocycles. The van der Waals surface area contributed by atoms with Crippen LogP contribution < -0.4 is 0 Å². The molecule has 0 aromatic carbocycles. The van der Waals surface area contributed by atoms with Gasteiger partial charge in [0.2, 0.25) is 0 Å². The molecule has 0 saturated heterocycles. The molecule has 0 atom stereocenters. The molecule has 0 spiro atoms. The van der Waals surface area contributed by atoms with E-state index in [-0.39, 0.29) is 0 Å². The maximum atomic E-state index is 5.85. The summed E-state index contributed by atoms with van der Waals surface area (Å²) in [5.74, 6) is 0. The van der Waals surface area contributed by atoms with Crippen LogP contribution in [0.1, 0.15) is 32.1 Å². The summed E-state index contributed by atoms with van der Waals surface area (Å²) in [4.78, 5) is 1.40. The minimum Gasteiger partial charge on any atom is -0.128 e. The number of hydrogen-bond acceptors (Lipinski definition) is 1. The molecule has 0 aliphatic carbocycles. The van der Waals surface area contributed by atoms with Crippen LogP contribution in [0.4, 0.5) is 0 Å². The number of rotatable bonds is 3. The summed E-state index contributed by atoms with van der Waals surface area (Å²) in [6.07, 6.45) is 2.35. The minimum absolute atomic E-state index is 0.411. The molecular formula is C10H15ClS. The molecule has 0 aliphatic heterocycles. The molecule has 1 aromatic heterocycles. The molecule has 2 heteroatoms. The highest BCUT2D eigenvalue weighted by molar-refractivity contribution is 7.16. The fraction of sp³-hybridized carbons (Fsp3) is 0.600. The van der Waals surface area contributed by atoms with Crippen molar-refractivity contribution in [3.63, 3.8) is 0 Å². The van der Waals surface area contributed by atoms with E-state index in [1.54, 1.807) is 11.3 Å². The summed E-state index contributed by atoms with van der Waals surface area (Å²) in [6, 6.07) is 4.11. The molecule has 0 aliphatic rings. The second-order valence-corrected chi connectivity index (χ2v) is 5.70. The average molecular weight is 203 g/mol. The normalized spacial score (nSPS) is 12.0. The van der Waals surface area contributed by atoms with Crippen molar-refractivity contribution >= 4 is 22.9 Å². The highest BCUT2D eigenvalue weighted by atomic mass is 35.5. The van der Waals surface area contributed by atoms with Crippen LogP contribution in [-0.4, -0.2) is 0 Å². The van der Waals surface area contributed by atoms with Gasteiger partial charge in [-0.2, -0.15) is 0 Å². The van der Waals surface area contributed by atoms with Gasteiger partial charge >= 0.3 is 0 Å². The van der Waals surface area contributed by atoms with E-state index in [9.17, 15) is 0 Å². The zero-order valence-corrected chi connectivity index (χ0v) is 9.43. The first-order valence-electron chi connectivity index (χ1n) is 4.28. The lowest BCUT2D eigenvalue weighted by atomic mass is 9.86. The molecule has 0 N–H and O–H groups in total. The second-order valence-electron chi connectivity index (χ2n) is 3.90. The summed E-state index contributed by atoms with van der Waals surface area (Å²) in [5.41, 5.74) is 0.411. The van der Waals surface area contributed by atoms with Crippen molar-refractivity contribution in [1.29, 1.82) is 0 Å². The van der Waals surface area contributed by atoms with Crippen LogP contribution in [0.2, 0.25) is 4.34 Å². The Morgan fingerprint density at radius 3 is 2.50 bits per heavy atom. The third-order valence-electron chi connectivity index (χ3n) is 2.24. The van der Waals surface area contributed by atoms with Crippen LogP contribution in [0.5, 0.6) is 0 Å². The van der Waals surface area contributed by atoms with Gasteiger partial charge in [-0.15, -0.1) is 11.3 Å². The van der Waals surface area contributed by atoms with Gasteiger partial charge in [-0.25, -0.2) is 0 Å². The second kappa shape index (κ2) is 3.80. The predicted octanol–water partition coefficient (Wildman–Crippen LogP) is 4.38. The molecule has 0 fully saturated rings. The summed E-state index contributed by atoms with van der Waals surface area (Å²) >= 11 is 7.55. The molecule has 0 nitrogen and oxygen atoms in total. The van der Waals surface area contributed by atoms with Gasteiger partial charge in [-0.3, -0.25) is 0 Å². The first-order valence-corrected chi connectivity index (χ1v) is 5.47. The molecular weight excluding hydrogens is 188 g/mol. The van der Waals surface area contributed by atoms with E-state index in [0.29, 0.717) is 5.41 Å². The Kier molecular flexibility index (Phi) is 3.19. The van der Waals surface area contributed by atoms with Crippen molar-refractivity contribution in [2.24, 2.45) is 5.41 Å². The molecule has 0 radical (unpaired) electrons. The van der Waals surface area contributed by atoms with Gasteiger partial charge in [-0.05, 0) is 24.0 Å². The maximum Gasteiger partial charge on any atom is 0.0931 e. The van der Waals surface area contributed by atoms with Crippen molar-refractivity contribution in [2.45, 2.75) is 33.6 Å². The van der Waals surface area contributed by atoms with Gasteiger partial charge in [0, 0.05) is 4.88 Å².